The third-order valence-corrected chi connectivity index (χ3v) is 3.09. The number of aromatic nitrogens is 1. The SMILES string of the molecule is CNc1ccncc1C(=O)Nc1cccc(I)c1. The number of rotatable bonds is 3. The van der Waals surface area contributed by atoms with Crippen LogP contribution in [0.25, 0.3) is 0 Å². The molecule has 0 atom stereocenters. The van der Waals surface area contributed by atoms with Gasteiger partial charge in [0.25, 0.3) is 5.91 Å². The minimum Gasteiger partial charge on any atom is -0.387 e. The molecule has 1 aromatic carbocycles. The van der Waals surface area contributed by atoms with Crippen molar-refractivity contribution in [3.05, 3.63) is 51.9 Å². The molecule has 92 valence electrons. The van der Waals surface area contributed by atoms with Crippen molar-refractivity contribution in [2.75, 3.05) is 17.7 Å². The van der Waals surface area contributed by atoms with Crippen molar-refractivity contribution in [1.82, 2.24) is 4.98 Å². The Morgan fingerprint density at radius 3 is 2.89 bits per heavy atom. The first-order valence-corrected chi connectivity index (χ1v) is 6.47. The van der Waals surface area contributed by atoms with Gasteiger partial charge in [-0.2, -0.15) is 0 Å². The minimum absolute atomic E-state index is 0.172. The van der Waals surface area contributed by atoms with Crippen LogP contribution in [0.3, 0.4) is 0 Å². The molecule has 2 N–H and O–H groups in total. The first-order valence-electron chi connectivity index (χ1n) is 5.39. The number of carbonyl (C=O) groups is 1. The minimum atomic E-state index is -0.172. The standard InChI is InChI=1S/C13H12IN3O/c1-15-12-5-6-16-8-11(12)13(18)17-10-4-2-3-9(14)7-10/h2-8H,1H3,(H,15,16)(H,17,18). The number of amides is 1. The zero-order valence-corrected chi connectivity index (χ0v) is 11.9. The number of benzene rings is 1. The first kappa shape index (κ1) is 12.8. The van der Waals surface area contributed by atoms with E-state index in [0.717, 1.165) is 14.9 Å². The number of hydrogen-bond acceptors (Lipinski definition) is 3. The van der Waals surface area contributed by atoms with Crippen LogP contribution < -0.4 is 10.6 Å². The van der Waals surface area contributed by atoms with Crippen molar-refractivity contribution in [2.45, 2.75) is 0 Å². The molecule has 1 amide bonds. The molecule has 0 bridgehead atoms. The van der Waals surface area contributed by atoms with E-state index in [-0.39, 0.29) is 5.91 Å². The predicted molar refractivity (Wildman–Crippen MR) is 80.9 cm³/mol. The van der Waals surface area contributed by atoms with Crippen LogP contribution in [-0.2, 0) is 0 Å². The lowest BCUT2D eigenvalue weighted by Gasteiger charge is -2.09. The molecule has 0 fully saturated rings. The second-order valence-corrected chi connectivity index (χ2v) is 4.88. The van der Waals surface area contributed by atoms with Crippen LogP contribution in [0.5, 0.6) is 0 Å². The molecule has 1 aromatic heterocycles. The summed E-state index contributed by atoms with van der Waals surface area (Å²) in [6.45, 7) is 0. The Balaban J connectivity index is 2.22. The molecule has 1 heterocycles. The molecule has 2 aromatic rings. The van der Waals surface area contributed by atoms with Crippen molar-refractivity contribution >= 4 is 39.9 Å². The lowest BCUT2D eigenvalue weighted by atomic mass is 10.2. The third-order valence-electron chi connectivity index (χ3n) is 2.42. The lowest BCUT2D eigenvalue weighted by Crippen LogP contribution is -2.14. The summed E-state index contributed by atoms with van der Waals surface area (Å²) in [5.41, 5.74) is 2.06. The largest absolute Gasteiger partial charge is 0.387 e. The topological polar surface area (TPSA) is 54.0 Å². The smallest absolute Gasteiger partial charge is 0.259 e. The summed E-state index contributed by atoms with van der Waals surface area (Å²) in [6, 6.07) is 9.41. The molecule has 0 saturated carbocycles. The maximum absolute atomic E-state index is 12.1. The fraction of sp³-hybridized carbons (Fsp3) is 0.0769. The highest BCUT2D eigenvalue weighted by Gasteiger charge is 2.10. The Kier molecular flexibility index (Phi) is 4.14. The summed E-state index contributed by atoms with van der Waals surface area (Å²) in [7, 11) is 1.78. The van der Waals surface area contributed by atoms with E-state index in [1.54, 1.807) is 25.5 Å². The van der Waals surface area contributed by atoms with E-state index in [9.17, 15) is 4.79 Å². The van der Waals surface area contributed by atoms with Gasteiger partial charge in [0.15, 0.2) is 0 Å². The summed E-state index contributed by atoms with van der Waals surface area (Å²) in [6.07, 6.45) is 3.20. The van der Waals surface area contributed by atoms with Crippen LogP contribution in [0.2, 0.25) is 0 Å². The van der Waals surface area contributed by atoms with Gasteiger partial charge in [-0.3, -0.25) is 9.78 Å². The highest BCUT2D eigenvalue weighted by Crippen LogP contribution is 2.17. The van der Waals surface area contributed by atoms with E-state index in [1.165, 1.54) is 0 Å². The average Bonchev–Trinajstić information content (AvgIpc) is 2.38. The van der Waals surface area contributed by atoms with Crippen molar-refractivity contribution in [2.24, 2.45) is 0 Å². The fourth-order valence-corrected chi connectivity index (χ4v) is 2.10. The highest BCUT2D eigenvalue weighted by molar-refractivity contribution is 14.1. The average molecular weight is 353 g/mol. The predicted octanol–water partition coefficient (Wildman–Crippen LogP) is 2.98. The number of nitrogens with zero attached hydrogens (tertiary/aromatic N) is 1. The highest BCUT2D eigenvalue weighted by atomic mass is 127. The Morgan fingerprint density at radius 2 is 2.17 bits per heavy atom. The fourth-order valence-electron chi connectivity index (χ4n) is 1.56. The van der Waals surface area contributed by atoms with E-state index in [4.69, 9.17) is 0 Å². The van der Waals surface area contributed by atoms with Gasteiger partial charge in [-0.15, -0.1) is 0 Å². The Labute approximate surface area is 119 Å². The summed E-state index contributed by atoms with van der Waals surface area (Å²) >= 11 is 2.20. The zero-order valence-electron chi connectivity index (χ0n) is 9.77. The van der Waals surface area contributed by atoms with Crippen LogP contribution >= 0.6 is 22.6 Å². The summed E-state index contributed by atoms with van der Waals surface area (Å²) in [5, 5.41) is 5.82. The summed E-state index contributed by atoms with van der Waals surface area (Å²) < 4.78 is 1.07. The van der Waals surface area contributed by atoms with Crippen LogP contribution in [0.4, 0.5) is 11.4 Å². The first-order chi connectivity index (χ1) is 8.70. The van der Waals surface area contributed by atoms with E-state index in [0.29, 0.717) is 5.56 Å². The number of pyridine rings is 1. The Bertz CT molecular complexity index is 572. The van der Waals surface area contributed by atoms with Crippen LogP contribution in [-0.4, -0.2) is 17.9 Å². The number of hydrogen-bond donors (Lipinski definition) is 2. The van der Waals surface area contributed by atoms with Crippen LogP contribution in [0, 0.1) is 3.57 Å². The van der Waals surface area contributed by atoms with Crippen LogP contribution in [0.1, 0.15) is 10.4 Å². The van der Waals surface area contributed by atoms with Gasteiger partial charge in [0.1, 0.15) is 0 Å². The molecule has 18 heavy (non-hydrogen) atoms. The molecule has 0 unspecified atom stereocenters. The molecule has 0 spiro atoms. The maximum Gasteiger partial charge on any atom is 0.259 e. The molecule has 0 saturated heterocycles. The van der Waals surface area contributed by atoms with Crippen molar-refractivity contribution in [3.63, 3.8) is 0 Å². The molecular weight excluding hydrogens is 341 g/mol. The van der Waals surface area contributed by atoms with Gasteiger partial charge in [-0.05, 0) is 46.9 Å². The van der Waals surface area contributed by atoms with Gasteiger partial charge in [-0.1, -0.05) is 6.07 Å². The second kappa shape index (κ2) is 5.81. The normalized spacial score (nSPS) is 9.89. The van der Waals surface area contributed by atoms with Crippen molar-refractivity contribution in [1.29, 1.82) is 0 Å². The van der Waals surface area contributed by atoms with Gasteiger partial charge < -0.3 is 10.6 Å². The lowest BCUT2D eigenvalue weighted by molar-refractivity contribution is 0.102. The molecule has 0 radical (unpaired) electrons. The van der Waals surface area contributed by atoms with E-state index in [1.807, 2.05) is 24.3 Å². The number of anilines is 2. The molecule has 0 aliphatic heterocycles. The monoisotopic (exact) mass is 353 g/mol. The van der Waals surface area contributed by atoms with Gasteiger partial charge in [0, 0.05) is 34.4 Å². The van der Waals surface area contributed by atoms with Gasteiger partial charge in [0.05, 0.1) is 5.56 Å². The van der Waals surface area contributed by atoms with Crippen molar-refractivity contribution in [3.8, 4) is 0 Å². The van der Waals surface area contributed by atoms with E-state index >= 15 is 0 Å². The van der Waals surface area contributed by atoms with Gasteiger partial charge in [-0.25, -0.2) is 0 Å². The molecular formula is C13H12IN3O. The van der Waals surface area contributed by atoms with E-state index in [2.05, 4.69) is 38.2 Å². The Hall–Kier alpha value is -1.63. The second-order valence-electron chi connectivity index (χ2n) is 3.64. The number of nitrogens with one attached hydrogen (secondary N) is 2. The summed E-state index contributed by atoms with van der Waals surface area (Å²) in [5.74, 6) is -0.172. The quantitative estimate of drug-likeness (QED) is 0.835. The number of carbonyl (C=O) groups excluding carboxylic acids is 1. The maximum atomic E-state index is 12.1. The molecule has 5 heteroatoms. The number of halogens is 1. The molecule has 4 nitrogen and oxygen atoms in total. The molecule has 2 rings (SSSR count). The molecule has 0 aliphatic carbocycles. The van der Waals surface area contributed by atoms with Crippen molar-refractivity contribution < 1.29 is 4.79 Å². The zero-order chi connectivity index (χ0) is 13.0. The summed E-state index contributed by atoms with van der Waals surface area (Å²) in [4.78, 5) is 16.1. The van der Waals surface area contributed by atoms with Gasteiger partial charge >= 0.3 is 0 Å². The van der Waals surface area contributed by atoms with E-state index < -0.39 is 0 Å². The Morgan fingerprint density at radius 1 is 1.33 bits per heavy atom. The van der Waals surface area contributed by atoms with Gasteiger partial charge in [0.2, 0.25) is 0 Å². The van der Waals surface area contributed by atoms with Crippen LogP contribution in [0.15, 0.2) is 42.7 Å². The molecule has 0 aliphatic rings. The third kappa shape index (κ3) is 2.98.